The molecule has 0 fully saturated rings. The predicted octanol–water partition coefficient (Wildman–Crippen LogP) is 4.31. The van der Waals surface area contributed by atoms with E-state index in [2.05, 4.69) is 0 Å². The lowest BCUT2D eigenvalue weighted by Crippen LogP contribution is -2.05. The Hall–Kier alpha value is -2.55. The molecule has 3 nitrogen and oxygen atoms in total. The molecule has 0 atom stereocenters. The Morgan fingerprint density at radius 1 is 0.750 bits per heavy atom. The lowest BCUT2D eigenvalue weighted by atomic mass is 10.0. The minimum absolute atomic E-state index is 0.287. The van der Waals surface area contributed by atoms with E-state index in [1.807, 2.05) is 37.3 Å². The standard InChI is InChI=1S/C17H12O3/c1-9-10(2)17(18)20-15-8-16-13(7-12(9)15)11-5-3-4-6-14(11)19-16/h3-8H,1-2H3. The molecule has 3 heteroatoms. The smallest absolute Gasteiger partial charge is 0.339 e. The molecule has 0 saturated carbocycles. The first kappa shape index (κ1) is 11.3. The zero-order valence-corrected chi connectivity index (χ0v) is 11.2. The van der Waals surface area contributed by atoms with Crippen LogP contribution in [0.2, 0.25) is 0 Å². The summed E-state index contributed by atoms with van der Waals surface area (Å²) in [6.45, 7) is 3.74. The Balaban J connectivity index is 2.28. The molecular formula is C17H12O3. The summed E-state index contributed by atoms with van der Waals surface area (Å²) in [6.07, 6.45) is 0. The Bertz CT molecular complexity index is 1030. The van der Waals surface area contributed by atoms with Gasteiger partial charge in [-0.25, -0.2) is 4.79 Å². The fraction of sp³-hybridized carbons (Fsp3) is 0.118. The highest BCUT2D eigenvalue weighted by Gasteiger charge is 2.12. The van der Waals surface area contributed by atoms with E-state index in [9.17, 15) is 4.79 Å². The molecule has 0 N–H and O–H groups in total. The normalized spacial score (nSPS) is 11.7. The van der Waals surface area contributed by atoms with Gasteiger partial charge in [0.2, 0.25) is 0 Å². The van der Waals surface area contributed by atoms with Crippen LogP contribution in [0, 0.1) is 13.8 Å². The maximum atomic E-state index is 11.8. The number of para-hydroxylation sites is 1. The maximum Gasteiger partial charge on any atom is 0.339 e. The summed E-state index contributed by atoms with van der Waals surface area (Å²) in [5.41, 5.74) is 3.49. The van der Waals surface area contributed by atoms with Crippen LogP contribution in [0.3, 0.4) is 0 Å². The number of aryl methyl sites for hydroxylation is 1. The molecule has 0 aliphatic carbocycles. The summed E-state index contributed by atoms with van der Waals surface area (Å²) >= 11 is 0. The summed E-state index contributed by atoms with van der Waals surface area (Å²) < 4.78 is 11.2. The molecule has 98 valence electrons. The highest BCUT2D eigenvalue weighted by atomic mass is 16.4. The topological polar surface area (TPSA) is 43.4 Å². The molecule has 2 heterocycles. The van der Waals surface area contributed by atoms with Crippen LogP contribution in [-0.4, -0.2) is 0 Å². The van der Waals surface area contributed by atoms with E-state index in [1.54, 1.807) is 13.0 Å². The summed E-state index contributed by atoms with van der Waals surface area (Å²) in [4.78, 5) is 11.8. The van der Waals surface area contributed by atoms with Gasteiger partial charge in [-0.2, -0.15) is 0 Å². The Morgan fingerprint density at radius 3 is 2.35 bits per heavy atom. The minimum Gasteiger partial charge on any atom is -0.456 e. The Morgan fingerprint density at radius 2 is 1.50 bits per heavy atom. The molecule has 0 amide bonds. The van der Waals surface area contributed by atoms with Crippen molar-refractivity contribution in [2.75, 3.05) is 0 Å². The molecule has 0 aliphatic rings. The van der Waals surface area contributed by atoms with Crippen LogP contribution in [-0.2, 0) is 0 Å². The van der Waals surface area contributed by atoms with Crippen LogP contribution in [0.25, 0.3) is 32.9 Å². The Labute approximate surface area is 114 Å². The van der Waals surface area contributed by atoms with E-state index in [0.29, 0.717) is 11.1 Å². The molecule has 0 spiro atoms. The molecule has 20 heavy (non-hydrogen) atoms. The van der Waals surface area contributed by atoms with Gasteiger partial charge in [-0.3, -0.25) is 0 Å². The first-order valence-corrected chi connectivity index (χ1v) is 6.50. The van der Waals surface area contributed by atoms with Gasteiger partial charge in [-0.05, 0) is 31.5 Å². The minimum atomic E-state index is -0.287. The van der Waals surface area contributed by atoms with Crippen molar-refractivity contribution >= 4 is 32.9 Å². The van der Waals surface area contributed by atoms with Crippen LogP contribution in [0.15, 0.2) is 50.0 Å². The third-order valence-corrected chi connectivity index (χ3v) is 3.95. The summed E-state index contributed by atoms with van der Waals surface area (Å²) in [5, 5.41) is 3.08. The van der Waals surface area contributed by atoms with Gasteiger partial charge in [0.15, 0.2) is 0 Å². The first-order valence-electron chi connectivity index (χ1n) is 6.50. The first-order chi connectivity index (χ1) is 9.65. The van der Waals surface area contributed by atoms with Crippen molar-refractivity contribution in [3.8, 4) is 0 Å². The van der Waals surface area contributed by atoms with Crippen molar-refractivity contribution in [2.45, 2.75) is 13.8 Å². The monoisotopic (exact) mass is 264 g/mol. The van der Waals surface area contributed by atoms with Crippen LogP contribution in [0.5, 0.6) is 0 Å². The van der Waals surface area contributed by atoms with Crippen LogP contribution in [0.4, 0.5) is 0 Å². The summed E-state index contributed by atoms with van der Waals surface area (Å²) in [7, 11) is 0. The van der Waals surface area contributed by atoms with Crippen molar-refractivity contribution < 1.29 is 8.83 Å². The molecule has 4 aromatic rings. The molecule has 0 radical (unpaired) electrons. The van der Waals surface area contributed by atoms with Gasteiger partial charge < -0.3 is 8.83 Å². The molecule has 0 saturated heterocycles. The maximum absolute atomic E-state index is 11.8. The van der Waals surface area contributed by atoms with E-state index in [-0.39, 0.29) is 5.63 Å². The highest BCUT2D eigenvalue weighted by molar-refractivity contribution is 6.09. The summed E-state index contributed by atoms with van der Waals surface area (Å²) in [6, 6.07) is 11.8. The lowest BCUT2D eigenvalue weighted by molar-refractivity contribution is 0.553. The molecule has 0 bridgehead atoms. The van der Waals surface area contributed by atoms with Crippen LogP contribution < -0.4 is 5.63 Å². The van der Waals surface area contributed by atoms with Crippen LogP contribution >= 0.6 is 0 Å². The number of furan rings is 1. The molecule has 0 aliphatic heterocycles. The fourth-order valence-electron chi connectivity index (χ4n) is 2.66. The second-order valence-corrected chi connectivity index (χ2v) is 5.08. The zero-order chi connectivity index (χ0) is 13.9. The van der Waals surface area contributed by atoms with Gasteiger partial charge in [0, 0.05) is 27.8 Å². The number of rotatable bonds is 0. The van der Waals surface area contributed by atoms with Gasteiger partial charge >= 0.3 is 5.63 Å². The second kappa shape index (κ2) is 3.73. The number of fused-ring (bicyclic) bond motifs is 4. The van der Waals surface area contributed by atoms with Crippen molar-refractivity contribution in [1.82, 2.24) is 0 Å². The molecular weight excluding hydrogens is 252 g/mol. The van der Waals surface area contributed by atoms with E-state index < -0.39 is 0 Å². The Kier molecular flexibility index (Phi) is 2.11. The average Bonchev–Trinajstić information content (AvgIpc) is 2.81. The molecule has 2 aromatic carbocycles. The van der Waals surface area contributed by atoms with E-state index >= 15 is 0 Å². The third kappa shape index (κ3) is 1.37. The van der Waals surface area contributed by atoms with E-state index in [1.165, 1.54) is 0 Å². The van der Waals surface area contributed by atoms with Gasteiger partial charge in [0.25, 0.3) is 0 Å². The number of hydrogen-bond donors (Lipinski definition) is 0. The fourth-order valence-corrected chi connectivity index (χ4v) is 2.66. The lowest BCUT2D eigenvalue weighted by Gasteiger charge is -2.03. The predicted molar refractivity (Wildman–Crippen MR) is 79.2 cm³/mol. The van der Waals surface area contributed by atoms with E-state index in [0.717, 1.165) is 32.9 Å². The SMILES string of the molecule is Cc1c(C)c2cc3c(cc2oc1=O)oc1ccccc13. The van der Waals surface area contributed by atoms with Crippen LogP contribution in [0.1, 0.15) is 11.1 Å². The van der Waals surface area contributed by atoms with Gasteiger partial charge in [0.05, 0.1) is 0 Å². The van der Waals surface area contributed by atoms with Crippen molar-refractivity contribution in [2.24, 2.45) is 0 Å². The zero-order valence-electron chi connectivity index (χ0n) is 11.2. The number of hydrogen-bond acceptors (Lipinski definition) is 3. The molecule has 2 aromatic heterocycles. The third-order valence-electron chi connectivity index (χ3n) is 3.95. The number of benzene rings is 2. The van der Waals surface area contributed by atoms with Crippen molar-refractivity contribution in [3.63, 3.8) is 0 Å². The van der Waals surface area contributed by atoms with Crippen molar-refractivity contribution in [3.05, 3.63) is 57.9 Å². The highest BCUT2D eigenvalue weighted by Crippen LogP contribution is 2.32. The average molecular weight is 264 g/mol. The van der Waals surface area contributed by atoms with Gasteiger partial charge in [-0.15, -0.1) is 0 Å². The second-order valence-electron chi connectivity index (χ2n) is 5.08. The summed E-state index contributed by atoms with van der Waals surface area (Å²) in [5.74, 6) is 0. The van der Waals surface area contributed by atoms with Crippen molar-refractivity contribution in [1.29, 1.82) is 0 Å². The molecule has 4 rings (SSSR count). The largest absolute Gasteiger partial charge is 0.456 e. The van der Waals surface area contributed by atoms with Gasteiger partial charge in [0.1, 0.15) is 16.7 Å². The van der Waals surface area contributed by atoms with E-state index in [4.69, 9.17) is 8.83 Å². The molecule has 0 unspecified atom stereocenters. The quantitative estimate of drug-likeness (QED) is 0.444. The van der Waals surface area contributed by atoms with Gasteiger partial charge in [-0.1, -0.05) is 18.2 Å².